The van der Waals surface area contributed by atoms with Crippen molar-refractivity contribution in [2.75, 3.05) is 19.6 Å². The van der Waals surface area contributed by atoms with Gasteiger partial charge in [0.25, 0.3) is 5.91 Å². The lowest BCUT2D eigenvalue weighted by Crippen LogP contribution is -2.42. The van der Waals surface area contributed by atoms with Crippen LogP contribution >= 0.6 is 0 Å². The van der Waals surface area contributed by atoms with Crippen LogP contribution in [0.2, 0.25) is 0 Å². The van der Waals surface area contributed by atoms with Gasteiger partial charge in [-0.2, -0.15) is 13.2 Å². The predicted octanol–water partition coefficient (Wildman–Crippen LogP) is 1.47. The van der Waals surface area contributed by atoms with Crippen LogP contribution in [0.15, 0.2) is 24.3 Å². The van der Waals surface area contributed by atoms with E-state index in [-0.39, 0.29) is 31.1 Å². The van der Waals surface area contributed by atoms with Crippen molar-refractivity contribution in [2.45, 2.75) is 18.6 Å². The third-order valence-electron chi connectivity index (χ3n) is 4.13. The van der Waals surface area contributed by atoms with E-state index in [0.29, 0.717) is 6.42 Å². The summed E-state index contributed by atoms with van der Waals surface area (Å²) in [5, 5.41) is 2.41. The molecule has 2 heterocycles. The third-order valence-corrected chi connectivity index (χ3v) is 4.13. The number of hydrogen-bond acceptors (Lipinski definition) is 3. The van der Waals surface area contributed by atoms with Crippen LogP contribution in [0.4, 0.5) is 18.0 Å². The second kappa shape index (κ2) is 5.81. The van der Waals surface area contributed by atoms with E-state index in [1.165, 1.54) is 17.0 Å². The summed E-state index contributed by atoms with van der Waals surface area (Å²) in [5.74, 6) is -0.908. The highest BCUT2D eigenvalue weighted by Gasteiger charge is 2.40. The van der Waals surface area contributed by atoms with Crippen molar-refractivity contribution in [3.05, 3.63) is 35.4 Å². The Kier molecular flexibility index (Phi) is 3.94. The number of hydrogen-bond donors (Lipinski definition) is 1. The third kappa shape index (κ3) is 2.93. The summed E-state index contributed by atoms with van der Waals surface area (Å²) < 4.78 is 38.2. The van der Waals surface area contributed by atoms with Crippen LogP contribution in [-0.4, -0.2) is 53.3 Å². The molecule has 1 N–H and O–H groups in total. The van der Waals surface area contributed by atoms with Gasteiger partial charge in [-0.15, -0.1) is 0 Å². The lowest BCUT2D eigenvalue weighted by atomic mass is 10.1. The quantitative estimate of drug-likeness (QED) is 0.829. The van der Waals surface area contributed by atoms with Gasteiger partial charge >= 0.3 is 12.2 Å². The van der Waals surface area contributed by atoms with Crippen LogP contribution in [-0.2, 0) is 11.0 Å². The zero-order valence-electron chi connectivity index (χ0n) is 12.5. The first-order valence-corrected chi connectivity index (χ1v) is 7.34. The SMILES string of the molecule is O=C(c1cccc(C(F)(F)F)c1)N1CCC(N2C(=O)CNC2=O)C1. The fraction of sp³-hybridized carbons (Fsp3) is 0.400. The van der Waals surface area contributed by atoms with E-state index >= 15 is 0 Å². The molecule has 4 amide bonds. The number of nitrogens with zero attached hydrogens (tertiary/aromatic N) is 2. The van der Waals surface area contributed by atoms with E-state index in [9.17, 15) is 27.6 Å². The first-order valence-electron chi connectivity index (χ1n) is 7.34. The molecule has 0 bridgehead atoms. The monoisotopic (exact) mass is 341 g/mol. The van der Waals surface area contributed by atoms with Gasteiger partial charge in [-0.3, -0.25) is 14.5 Å². The number of urea groups is 1. The zero-order chi connectivity index (χ0) is 17.5. The number of benzene rings is 1. The zero-order valence-corrected chi connectivity index (χ0v) is 12.5. The van der Waals surface area contributed by atoms with Gasteiger partial charge in [-0.25, -0.2) is 4.79 Å². The lowest BCUT2D eigenvalue weighted by Gasteiger charge is -2.21. The molecule has 0 spiro atoms. The maximum atomic E-state index is 12.7. The van der Waals surface area contributed by atoms with Crippen LogP contribution in [0, 0.1) is 0 Å². The van der Waals surface area contributed by atoms with Crippen LogP contribution in [0.1, 0.15) is 22.3 Å². The summed E-state index contributed by atoms with van der Waals surface area (Å²) in [6.07, 6.45) is -4.12. The molecule has 0 radical (unpaired) electrons. The minimum absolute atomic E-state index is 0.0670. The Bertz CT molecular complexity index is 689. The van der Waals surface area contributed by atoms with Crippen molar-refractivity contribution in [1.29, 1.82) is 0 Å². The van der Waals surface area contributed by atoms with Gasteiger partial charge in [0.2, 0.25) is 5.91 Å². The molecule has 1 unspecified atom stereocenters. The largest absolute Gasteiger partial charge is 0.416 e. The molecule has 2 fully saturated rings. The number of halogens is 3. The van der Waals surface area contributed by atoms with E-state index in [1.54, 1.807) is 0 Å². The van der Waals surface area contributed by atoms with E-state index in [2.05, 4.69) is 5.32 Å². The van der Waals surface area contributed by atoms with E-state index < -0.39 is 29.7 Å². The molecule has 2 saturated heterocycles. The summed E-state index contributed by atoms with van der Waals surface area (Å²) >= 11 is 0. The minimum Gasteiger partial charge on any atom is -0.336 e. The van der Waals surface area contributed by atoms with Crippen molar-refractivity contribution in [2.24, 2.45) is 0 Å². The molecule has 24 heavy (non-hydrogen) atoms. The molecule has 2 aliphatic heterocycles. The lowest BCUT2D eigenvalue weighted by molar-refractivity contribution is -0.137. The number of carbonyl (C=O) groups excluding carboxylic acids is 3. The highest BCUT2D eigenvalue weighted by Crippen LogP contribution is 2.30. The molecule has 0 saturated carbocycles. The Morgan fingerprint density at radius 3 is 2.62 bits per heavy atom. The van der Waals surface area contributed by atoms with Gasteiger partial charge in [-0.1, -0.05) is 6.07 Å². The number of alkyl halides is 3. The van der Waals surface area contributed by atoms with E-state index in [4.69, 9.17) is 0 Å². The molecule has 3 rings (SSSR count). The standard InChI is InChI=1S/C15H14F3N3O3/c16-15(17,18)10-3-1-2-9(6-10)13(23)20-5-4-11(8-20)21-12(22)7-19-14(21)24/h1-3,6,11H,4-5,7-8H2,(H,19,24). The van der Waals surface area contributed by atoms with Gasteiger partial charge in [0.05, 0.1) is 18.2 Å². The molecule has 9 heteroatoms. The second-order valence-electron chi connectivity index (χ2n) is 5.69. The van der Waals surface area contributed by atoms with Crippen molar-refractivity contribution in [3.63, 3.8) is 0 Å². The van der Waals surface area contributed by atoms with Crippen molar-refractivity contribution in [3.8, 4) is 0 Å². The molecule has 1 aromatic carbocycles. The van der Waals surface area contributed by atoms with Crippen LogP contribution in [0.25, 0.3) is 0 Å². The Morgan fingerprint density at radius 1 is 1.25 bits per heavy atom. The molecule has 1 atom stereocenters. The summed E-state index contributed by atoms with van der Waals surface area (Å²) in [7, 11) is 0. The number of imide groups is 1. The van der Waals surface area contributed by atoms with Gasteiger partial charge < -0.3 is 10.2 Å². The fourth-order valence-corrected chi connectivity index (χ4v) is 2.95. The topological polar surface area (TPSA) is 69.7 Å². The van der Waals surface area contributed by atoms with E-state index in [0.717, 1.165) is 17.0 Å². The fourth-order valence-electron chi connectivity index (χ4n) is 2.95. The van der Waals surface area contributed by atoms with Crippen LogP contribution in [0.5, 0.6) is 0 Å². The molecule has 2 aliphatic rings. The average Bonchev–Trinajstić information content (AvgIpc) is 3.13. The van der Waals surface area contributed by atoms with E-state index in [1.807, 2.05) is 0 Å². The predicted molar refractivity (Wildman–Crippen MR) is 76.0 cm³/mol. The Labute approximate surface area is 135 Å². The molecule has 128 valence electrons. The number of nitrogens with one attached hydrogen (secondary N) is 1. The van der Waals surface area contributed by atoms with Gasteiger partial charge in [-0.05, 0) is 24.6 Å². The highest BCUT2D eigenvalue weighted by molar-refractivity contribution is 6.02. The summed E-state index contributed by atoms with van der Waals surface area (Å²) in [5.41, 5.74) is -0.958. The smallest absolute Gasteiger partial charge is 0.336 e. The van der Waals surface area contributed by atoms with Crippen LogP contribution in [0.3, 0.4) is 0 Å². The molecular weight excluding hydrogens is 327 g/mol. The number of rotatable bonds is 2. The number of amides is 4. The normalized spacial score (nSPS) is 21.4. The Morgan fingerprint density at radius 2 is 2.00 bits per heavy atom. The minimum atomic E-state index is -4.52. The summed E-state index contributed by atoms with van der Waals surface area (Å²) in [6.45, 7) is 0.321. The number of likely N-dealkylation sites (tertiary alicyclic amines) is 1. The van der Waals surface area contributed by atoms with Crippen molar-refractivity contribution >= 4 is 17.8 Å². The second-order valence-corrected chi connectivity index (χ2v) is 5.69. The molecular formula is C15H14F3N3O3. The highest BCUT2D eigenvalue weighted by atomic mass is 19.4. The maximum absolute atomic E-state index is 12.7. The average molecular weight is 341 g/mol. The molecule has 0 aromatic heterocycles. The van der Waals surface area contributed by atoms with Crippen molar-refractivity contribution in [1.82, 2.24) is 15.1 Å². The first-order chi connectivity index (χ1) is 11.3. The molecule has 1 aromatic rings. The Hall–Kier alpha value is -2.58. The maximum Gasteiger partial charge on any atom is 0.416 e. The van der Waals surface area contributed by atoms with Gasteiger partial charge in [0.15, 0.2) is 0 Å². The van der Waals surface area contributed by atoms with Gasteiger partial charge in [0.1, 0.15) is 0 Å². The molecule has 0 aliphatic carbocycles. The van der Waals surface area contributed by atoms with Crippen molar-refractivity contribution < 1.29 is 27.6 Å². The molecule has 6 nitrogen and oxygen atoms in total. The first kappa shape index (κ1) is 16.3. The van der Waals surface area contributed by atoms with Gasteiger partial charge in [0, 0.05) is 18.7 Å². The van der Waals surface area contributed by atoms with Crippen LogP contribution < -0.4 is 5.32 Å². The number of carbonyl (C=O) groups is 3. The Balaban J connectivity index is 1.73. The summed E-state index contributed by atoms with van der Waals surface area (Å²) in [4.78, 5) is 38.2. The summed E-state index contributed by atoms with van der Waals surface area (Å²) in [6, 6.07) is 3.26.